The number of ether oxygens (including phenoxy) is 3. The summed E-state index contributed by atoms with van der Waals surface area (Å²) in [6, 6.07) is 22.2. The van der Waals surface area contributed by atoms with Gasteiger partial charge in [0.05, 0.1) is 19.9 Å². The van der Waals surface area contributed by atoms with E-state index >= 15 is 0 Å². The molecule has 0 saturated heterocycles. The second-order valence-electron chi connectivity index (χ2n) is 8.77. The molecule has 2 atom stereocenters. The molecular weight excluding hydrogens is 472 g/mol. The average Bonchev–Trinajstić information content (AvgIpc) is 3.34. The molecule has 3 aromatic carbocycles. The number of hydrogen-bond acceptors (Lipinski definition) is 7. The fourth-order valence-electron chi connectivity index (χ4n) is 4.90. The maximum absolute atomic E-state index is 6.74. The van der Waals surface area contributed by atoms with Crippen LogP contribution >= 0.6 is 11.8 Å². The number of hydrogen-bond donors (Lipinski definition) is 1. The van der Waals surface area contributed by atoms with Crippen LogP contribution in [0.5, 0.6) is 17.2 Å². The number of rotatable bonds is 5. The lowest BCUT2D eigenvalue weighted by Gasteiger charge is -2.39. The summed E-state index contributed by atoms with van der Waals surface area (Å²) in [5.41, 5.74) is 6.31. The van der Waals surface area contributed by atoms with Gasteiger partial charge in [-0.25, -0.2) is 4.68 Å². The first kappa shape index (κ1) is 22.5. The van der Waals surface area contributed by atoms with Crippen LogP contribution in [0.2, 0.25) is 0 Å². The Morgan fingerprint density at radius 3 is 2.50 bits per heavy atom. The number of aryl methyl sites for hydroxylation is 1. The van der Waals surface area contributed by atoms with Crippen molar-refractivity contribution >= 4 is 23.4 Å². The average molecular weight is 499 g/mol. The summed E-state index contributed by atoms with van der Waals surface area (Å²) >= 11 is 1.52. The van der Waals surface area contributed by atoms with E-state index in [-0.39, 0.29) is 12.1 Å². The number of methoxy groups -OCH3 is 2. The van der Waals surface area contributed by atoms with Gasteiger partial charge in [0.25, 0.3) is 0 Å². The van der Waals surface area contributed by atoms with Crippen LogP contribution in [0.15, 0.2) is 77.5 Å². The van der Waals surface area contributed by atoms with E-state index in [1.807, 2.05) is 47.3 Å². The Labute approximate surface area is 214 Å². The Morgan fingerprint density at radius 2 is 1.75 bits per heavy atom. The Morgan fingerprint density at radius 1 is 0.944 bits per heavy atom. The summed E-state index contributed by atoms with van der Waals surface area (Å²) < 4.78 is 19.7. The summed E-state index contributed by atoms with van der Waals surface area (Å²) in [5, 5.41) is 9.17. The summed E-state index contributed by atoms with van der Waals surface area (Å²) in [4.78, 5) is 4.77. The quantitative estimate of drug-likeness (QED) is 0.344. The minimum absolute atomic E-state index is 0.236. The molecule has 8 heteroatoms. The topological polar surface area (TPSA) is 70.4 Å². The van der Waals surface area contributed by atoms with Crippen molar-refractivity contribution in [1.82, 2.24) is 14.8 Å². The smallest absolute Gasteiger partial charge is 0.227 e. The Bertz CT molecular complexity index is 1480. The van der Waals surface area contributed by atoms with Crippen LogP contribution in [-0.4, -0.2) is 35.2 Å². The standard InChI is InChI=1S/C28H26N4O3S/c1-16-8-13-22-21(14-16)24-23(26(35-22)18-6-5-7-20(15-18)34-3)25(17-9-11-19(33-2)12-10-17)32-27(29-24)30-28(31-32)36-4/h5-15,25-26H,1-4H3,(H,29,30,31)/t25-,26+/m0/s1. The van der Waals surface area contributed by atoms with E-state index in [4.69, 9.17) is 24.3 Å². The highest BCUT2D eigenvalue weighted by Gasteiger charge is 2.41. The van der Waals surface area contributed by atoms with Crippen LogP contribution in [0.3, 0.4) is 0 Å². The molecule has 1 N–H and O–H groups in total. The summed E-state index contributed by atoms with van der Waals surface area (Å²) in [5.74, 6) is 3.11. The van der Waals surface area contributed by atoms with Crippen LogP contribution < -0.4 is 19.5 Å². The molecule has 0 radical (unpaired) electrons. The normalized spacial score (nSPS) is 17.9. The van der Waals surface area contributed by atoms with Crippen molar-refractivity contribution < 1.29 is 14.2 Å². The van der Waals surface area contributed by atoms with Crippen LogP contribution in [-0.2, 0) is 0 Å². The van der Waals surface area contributed by atoms with E-state index < -0.39 is 0 Å². The lowest BCUT2D eigenvalue weighted by atomic mass is 9.84. The third kappa shape index (κ3) is 3.69. The predicted octanol–water partition coefficient (Wildman–Crippen LogP) is 5.89. The van der Waals surface area contributed by atoms with Gasteiger partial charge in [-0.15, -0.1) is 5.10 Å². The zero-order chi connectivity index (χ0) is 24.8. The van der Waals surface area contributed by atoms with Crippen molar-refractivity contribution in [3.63, 3.8) is 0 Å². The van der Waals surface area contributed by atoms with E-state index in [1.165, 1.54) is 11.8 Å². The molecule has 0 spiro atoms. The largest absolute Gasteiger partial charge is 0.497 e. The molecule has 4 aromatic rings. The van der Waals surface area contributed by atoms with E-state index in [2.05, 4.69) is 42.6 Å². The van der Waals surface area contributed by atoms with E-state index in [0.717, 1.165) is 50.8 Å². The van der Waals surface area contributed by atoms with Gasteiger partial charge in [-0.2, -0.15) is 4.98 Å². The molecular formula is C28H26N4O3S. The molecule has 3 heterocycles. The van der Waals surface area contributed by atoms with Gasteiger partial charge in [0.1, 0.15) is 29.4 Å². The van der Waals surface area contributed by atoms with Crippen molar-refractivity contribution in [1.29, 1.82) is 0 Å². The fraction of sp³-hybridized carbons (Fsp3) is 0.214. The van der Waals surface area contributed by atoms with Crippen LogP contribution in [0.25, 0.3) is 5.70 Å². The van der Waals surface area contributed by atoms with Gasteiger partial charge in [-0.1, -0.05) is 47.7 Å². The van der Waals surface area contributed by atoms with Gasteiger partial charge in [0, 0.05) is 16.7 Å². The fourth-order valence-corrected chi connectivity index (χ4v) is 5.24. The van der Waals surface area contributed by atoms with Gasteiger partial charge < -0.3 is 19.5 Å². The van der Waals surface area contributed by atoms with Gasteiger partial charge in [0.15, 0.2) is 0 Å². The molecule has 36 heavy (non-hydrogen) atoms. The maximum Gasteiger partial charge on any atom is 0.227 e. The van der Waals surface area contributed by atoms with Gasteiger partial charge in [-0.3, -0.25) is 0 Å². The molecule has 0 bridgehead atoms. The van der Waals surface area contributed by atoms with Crippen molar-refractivity contribution in [2.24, 2.45) is 0 Å². The number of thioether (sulfide) groups is 1. The minimum atomic E-state index is -0.361. The third-order valence-electron chi connectivity index (χ3n) is 6.62. The number of aromatic nitrogens is 3. The minimum Gasteiger partial charge on any atom is -0.497 e. The first-order chi connectivity index (χ1) is 17.6. The highest BCUT2D eigenvalue weighted by molar-refractivity contribution is 7.98. The van der Waals surface area contributed by atoms with Crippen molar-refractivity contribution in [3.8, 4) is 17.2 Å². The molecule has 7 nitrogen and oxygen atoms in total. The van der Waals surface area contributed by atoms with Crippen LogP contribution in [0, 0.1) is 6.92 Å². The molecule has 182 valence electrons. The number of anilines is 1. The highest BCUT2D eigenvalue weighted by Crippen LogP contribution is 2.51. The molecule has 2 aliphatic heterocycles. The van der Waals surface area contributed by atoms with Crippen molar-refractivity contribution in [2.45, 2.75) is 24.2 Å². The van der Waals surface area contributed by atoms with Gasteiger partial charge in [-0.05, 0) is 55.1 Å². The summed E-state index contributed by atoms with van der Waals surface area (Å²) in [6.07, 6.45) is 1.62. The lowest BCUT2D eigenvalue weighted by molar-refractivity contribution is 0.222. The highest BCUT2D eigenvalue weighted by atomic mass is 32.2. The molecule has 0 amide bonds. The van der Waals surface area contributed by atoms with E-state index in [0.29, 0.717) is 11.1 Å². The third-order valence-corrected chi connectivity index (χ3v) is 7.16. The van der Waals surface area contributed by atoms with E-state index in [1.54, 1.807) is 14.2 Å². The van der Waals surface area contributed by atoms with E-state index in [9.17, 15) is 0 Å². The second-order valence-corrected chi connectivity index (χ2v) is 9.55. The summed E-state index contributed by atoms with van der Waals surface area (Å²) in [6.45, 7) is 2.09. The molecule has 0 saturated carbocycles. The number of benzene rings is 3. The molecule has 6 rings (SSSR count). The second kappa shape index (κ2) is 8.95. The monoisotopic (exact) mass is 498 g/mol. The number of nitrogens with zero attached hydrogens (tertiary/aromatic N) is 3. The molecule has 1 aromatic heterocycles. The van der Waals surface area contributed by atoms with Crippen molar-refractivity contribution in [3.05, 3.63) is 94.6 Å². The molecule has 0 aliphatic carbocycles. The Balaban J connectivity index is 1.62. The van der Waals surface area contributed by atoms with Crippen LogP contribution in [0.4, 0.5) is 5.95 Å². The summed E-state index contributed by atoms with van der Waals surface area (Å²) in [7, 11) is 3.35. The first-order valence-electron chi connectivity index (χ1n) is 11.7. The SMILES string of the molecule is COc1ccc([C@H]2C3=C(Nc4nc(SC)nn42)c2cc(C)ccc2O[C@@H]3c2cccc(OC)c2)cc1. The van der Waals surface area contributed by atoms with Gasteiger partial charge in [0.2, 0.25) is 11.1 Å². The molecule has 2 aliphatic rings. The lowest BCUT2D eigenvalue weighted by Crippen LogP contribution is -2.32. The predicted molar refractivity (Wildman–Crippen MR) is 141 cm³/mol. The first-order valence-corrected chi connectivity index (χ1v) is 12.9. The van der Waals surface area contributed by atoms with Crippen molar-refractivity contribution in [2.75, 3.05) is 25.8 Å². The zero-order valence-corrected chi connectivity index (χ0v) is 21.3. The Hall–Kier alpha value is -3.91. The van der Waals surface area contributed by atoms with Gasteiger partial charge >= 0.3 is 0 Å². The zero-order valence-electron chi connectivity index (χ0n) is 20.5. The Kier molecular flexibility index (Phi) is 5.60. The molecule has 0 unspecified atom stereocenters. The maximum atomic E-state index is 6.74. The van der Waals surface area contributed by atoms with Crippen LogP contribution in [0.1, 0.15) is 34.4 Å². The number of fused-ring (bicyclic) bond motifs is 3. The molecule has 0 fully saturated rings. The number of nitrogens with one attached hydrogen (secondary N) is 1.